The van der Waals surface area contributed by atoms with Gasteiger partial charge in [-0.3, -0.25) is 9.59 Å². The van der Waals surface area contributed by atoms with E-state index in [9.17, 15) is 18.4 Å². The smallest absolute Gasteiger partial charge is 0.387 e. The minimum absolute atomic E-state index is 0.0672. The van der Waals surface area contributed by atoms with Crippen LogP contribution in [-0.4, -0.2) is 24.1 Å². The Kier molecular flexibility index (Phi) is 7.62. The minimum Gasteiger partial charge on any atom is -0.435 e. The van der Waals surface area contributed by atoms with E-state index in [1.165, 1.54) is 37.4 Å². The first-order valence-electron chi connectivity index (χ1n) is 8.92. The van der Waals surface area contributed by atoms with E-state index in [1.807, 2.05) is 6.07 Å². The summed E-state index contributed by atoms with van der Waals surface area (Å²) >= 11 is 0. The number of amides is 2. The van der Waals surface area contributed by atoms with Crippen LogP contribution in [0.15, 0.2) is 48.7 Å². The van der Waals surface area contributed by atoms with E-state index >= 15 is 0 Å². The Balaban J connectivity index is 2.15. The molecule has 2 rings (SSSR count). The van der Waals surface area contributed by atoms with Gasteiger partial charge in [-0.1, -0.05) is 12.1 Å². The Bertz CT molecular complexity index is 959. The van der Waals surface area contributed by atoms with Crippen LogP contribution < -0.4 is 21.1 Å². The second-order valence-electron chi connectivity index (χ2n) is 6.38. The van der Waals surface area contributed by atoms with Gasteiger partial charge in [-0.15, -0.1) is 0 Å². The van der Waals surface area contributed by atoms with Crippen molar-refractivity contribution < 1.29 is 23.1 Å². The third-order valence-corrected chi connectivity index (χ3v) is 4.21. The highest BCUT2D eigenvalue weighted by molar-refractivity contribution is 6.24. The molecule has 0 heterocycles. The molecule has 2 aromatic rings. The first-order valence-corrected chi connectivity index (χ1v) is 8.92. The molecule has 7 nitrogen and oxygen atoms in total. The van der Waals surface area contributed by atoms with E-state index in [0.29, 0.717) is 5.69 Å². The van der Waals surface area contributed by atoms with Gasteiger partial charge in [0.1, 0.15) is 5.75 Å². The van der Waals surface area contributed by atoms with Crippen LogP contribution in [0.4, 0.5) is 20.2 Å². The van der Waals surface area contributed by atoms with E-state index in [0.717, 1.165) is 11.1 Å². The second-order valence-corrected chi connectivity index (χ2v) is 6.38. The van der Waals surface area contributed by atoms with Crippen molar-refractivity contribution >= 4 is 35.0 Å². The van der Waals surface area contributed by atoms with E-state index in [2.05, 4.69) is 15.4 Å². The highest BCUT2D eigenvalue weighted by atomic mass is 19.3. The molecule has 0 aromatic heterocycles. The molecule has 0 aliphatic heterocycles. The molecule has 2 amide bonds. The van der Waals surface area contributed by atoms with Gasteiger partial charge >= 0.3 is 6.61 Å². The normalized spacial score (nSPS) is 11.9. The number of nitrogens with two attached hydrogens (primary N) is 1. The van der Waals surface area contributed by atoms with Crippen LogP contribution in [0.1, 0.15) is 18.1 Å². The van der Waals surface area contributed by atoms with Crippen LogP contribution in [0, 0.1) is 18.3 Å². The van der Waals surface area contributed by atoms with Crippen molar-refractivity contribution in [2.45, 2.75) is 20.5 Å². The molecule has 158 valence electrons. The molecule has 9 heteroatoms. The SMILES string of the molecule is CC(=N)C(C(=O)Nc1ccc(OC(F)F)cc1)C(=O)Nc1cccc(/C=C\N)c1C. The van der Waals surface area contributed by atoms with Gasteiger partial charge in [0.2, 0.25) is 11.8 Å². The number of carbonyl (C=O) groups is 2. The van der Waals surface area contributed by atoms with Crippen LogP contribution in [-0.2, 0) is 9.59 Å². The predicted octanol–water partition coefficient (Wildman–Crippen LogP) is 3.76. The van der Waals surface area contributed by atoms with Gasteiger partial charge in [-0.05, 0) is 67.6 Å². The number of anilines is 2. The van der Waals surface area contributed by atoms with Crippen molar-refractivity contribution in [2.24, 2.45) is 11.7 Å². The van der Waals surface area contributed by atoms with Crippen molar-refractivity contribution in [3.8, 4) is 5.75 Å². The maximum atomic E-state index is 12.7. The maximum absolute atomic E-state index is 12.7. The van der Waals surface area contributed by atoms with Gasteiger partial charge in [0.25, 0.3) is 0 Å². The number of ether oxygens (including phenoxy) is 1. The number of carbonyl (C=O) groups excluding carboxylic acids is 2. The van der Waals surface area contributed by atoms with Gasteiger partial charge < -0.3 is 26.5 Å². The summed E-state index contributed by atoms with van der Waals surface area (Å²) in [5, 5.41) is 13.0. The van der Waals surface area contributed by atoms with Crippen molar-refractivity contribution in [1.29, 1.82) is 5.41 Å². The summed E-state index contributed by atoms with van der Waals surface area (Å²) in [4.78, 5) is 25.3. The second kappa shape index (κ2) is 10.1. The molecular weight excluding hydrogens is 394 g/mol. The average Bonchev–Trinajstić information content (AvgIpc) is 2.66. The molecule has 0 saturated heterocycles. The molecule has 1 unspecified atom stereocenters. The Morgan fingerprint density at radius 2 is 1.73 bits per heavy atom. The molecule has 5 N–H and O–H groups in total. The van der Waals surface area contributed by atoms with E-state index in [4.69, 9.17) is 11.1 Å². The summed E-state index contributed by atoms with van der Waals surface area (Å²) < 4.78 is 28.7. The van der Waals surface area contributed by atoms with Crippen LogP contribution in [0.25, 0.3) is 6.08 Å². The van der Waals surface area contributed by atoms with Crippen LogP contribution in [0.3, 0.4) is 0 Å². The summed E-state index contributed by atoms with van der Waals surface area (Å²) in [7, 11) is 0. The minimum atomic E-state index is -2.96. The number of alkyl halides is 2. The van der Waals surface area contributed by atoms with Crippen LogP contribution >= 0.6 is 0 Å². The van der Waals surface area contributed by atoms with Crippen molar-refractivity contribution in [3.63, 3.8) is 0 Å². The summed E-state index contributed by atoms with van der Waals surface area (Å²) in [6.07, 6.45) is 3.06. The molecule has 0 spiro atoms. The molecule has 0 fully saturated rings. The number of halogens is 2. The summed E-state index contributed by atoms with van der Waals surface area (Å²) in [5.74, 6) is -2.84. The number of hydrogen-bond acceptors (Lipinski definition) is 5. The van der Waals surface area contributed by atoms with Crippen LogP contribution in [0.5, 0.6) is 5.75 Å². The number of benzene rings is 2. The maximum Gasteiger partial charge on any atom is 0.387 e. The largest absolute Gasteiger partial charge is 0.435 e. The Morgan fingerprint density at radius 3 is 2.30 bits per heavy atom. The lowest BCUT2D eigenvalue weighted by atomic mass is 10.0. The highest BCUT2D eigenvalue weighted by Crippen LogP contribution is 2.22. The summed E-state index contributed by atoms with van der Waals surface area (Å²) in [6.45, 7) is 0.186. The molecule has 30 heavy (non-hydrogen) atoms. The van der Waals surface area contributed by atoms with Gasteiger partial charge in [-0.25, -0.2) is 0 Å². The standard InChI is InChI=1S/C21H22F2N4O3/c1-12-14(10-11-24)4-3-5-17(12)27-20(29)18(13(2)25)19(28)26-15-6-8-16(9-7-15)30-21(22)23/h3-11,18,21,25H,24H2,1-2H3,(H,26,28)(H,27,29)/b11-10-,25-13?. The summed E-state index contributed by atoms with van der Waals surface area (Å²) in [5.41, 5.74) is 7.58. The number of hydrogen-bond donors (Lipinski definition) is 4. The van der Waals surface area contributed by atoms with E-state index in [-0.39, 0.29) is 17.1 Å². The zero-order valence-electron chi connectivity index (χ0n) is 16.4. The highest BCUT2D eigenvalue weighted by Gasteiger charge is 2.29. The Labute approximate surface area is 172 Å². The fourth-order valence-corrected chi connectivity index (χ4v) is 2.72. The molecule has 0 saturated carbocycles. The molecule has 0 radical (unpaired) electrons. The lowest BCUT2D eigenvalue weighted by Gasteiger charge is -2.17. The van der Waals surface area contributed by atoms with Gasteiger partial charge in [0.15, 0.2) is 5.92 Å². The average molecular weight is 416 g/mol. The lowest BCUT2D eigenvalue weighted by Crippen LogP contribution is -2.38. The third kappa shape index (κ3) is 5.87. The first-order chi connectivity index (χ1) is 14.2. The predicted molar refractivity (Wildman–Crippen MR) is 112 cm³/mol. The third-order valence-electron chi connectivity index (χ3n) is 4.21. The van der Waals surface area contributed by atoms with Gasteiger partial charge in [-0.2, -0.15) is 8.78 Å². The lowest BCUT2D eigenvalue weighted by molar-refractivity contribution is -0.126. The fourth-order valence-electron chi connectivity index (χ4n) is 2.72. The van der Waals surface area contributed by atoms with E-state index in [1.54, 1.807) is 25.1 Å². The zero-order valence-corrected chi connectivity index (χ0v) is 16.4. The van der Waals surface area contributed by atoms with Gasteiger partial charge in [0.05, 0.1) is 0 Å². The fraction of sp³-hybridized carbons (Fsp3) is 0.190. The summed E-state index contributed by atoms with van der Waals surface area (Å²) in [6, 6.07) is 10.5. The first kappa shape index (κ1) is 22.5. The number of nitrogens with one attached hydrogen (secondary N) is 3. The van der Waals surface area contributed by atoms with Crippen LogP contribution in [0.2, 0.25) is 0 Å². The van der Waals surface area contributed by atoms with Gasteiger partial charge in [0, 0.05) is 17.1 Å². The van der Waals surface area contributed by atoms with Crippen molar-refractivity contribution in [2.75, 3.05) is 10.6 Å². The monoisotopic (exact) mass is 416 g/mol. The topological polar surface area (TPSA) is 117 Å². The van der Waals surface area contributed by atoms with Crippen molar-refractivity contribution in [3.05, 3.63) is 59.8 Å². The number of rotatable bonds is 8. The zero-order chi connectivity index (χ0) is 22.3. The molecular formula is C21H22F2N4O3. The molecule has 0 bridgehead atoms. The molecule has 1 atom stereocenters. The molecule has 0 aliphatic rings. The molecule has 2 aromatic carbocycles. The quantitative estimate of drug-likeness (QED) is 0.387. The molecule has 0 aliphatic carbocycles. The van der Waals surface area contributed by atoms with E-state index < -0.39 is 24.3 Å². The Hall–Kier alpha value is -3.75. The van der Waals surface area contributed by atoms with Crippen molar-refractivity contribution in [1.82, 2.24) is 0 Å². The Morgan fingerprint density at radius 1 is 1.10 bits per heavy atom.